The van der Waals surface area contributed by atoms with Gasteiger partial charge in [-0.15, -0.1) is 0 Å². The molecule has 5 rings (SSSR count). The highest BCUT2D eigenvalue weighted by molar-refractivity contribution is 7.73. The molecule has 0 fully saturated rings. The number of amides is 2. The first-order valence-corrected chi connectivity index (χ1v) is 11.1. The molecular weight excluding hydrogens is 456 g/mol. The third-order valence-corrected chi connectivity index (χ3v) is 5.71. The summed E-state index contributed by atoms with van der Waals surface area (Å²) in [6.07, 6.45) is 3.39. The minimum atomic E-state index is -0.341. The summed E-state index contributed by atoms with van der Waals surface area (Å²) in [6, 6.07) is 19.6. The summed E-state index contributed by atoms with van der Waals surface area (Å²) in [5.74, 6) is 1.24. The van der Waals surface area contributed by atoms with Gasteiger partial charge >= 0.3 is 6.03 Å². The predicted molar refractivity (Wildman–Crippen MR) is 131 cm³/mol. The van der Waals surface area contributed by atoms with Crippen LogP contribution in [0, 0.1) is 3.95 Å². The Kier molecular flexibility index (Phi) is 5.75. The lowest BCUT2D eigenvalue weighted by Gasteiger charge is -2.10. The van der Waals surface area contributed by atoms with Gasteiger partial charge in [0.05, 0.1) is 5.52 Å². The first-order valence-electron chi connectivity index (χ1n) is 9.85. The Bertz CT molecular complexity index is 1500. The second-order valence-electron chi connectivity index (χ2n) is 6.91. The maximum Gasteiger partial charge on any atom is 0.323 e. The number of benzene rings is 2. The Morgan fingerprint density at radius 3 is 2.55 bits per heavy atom. The number of pyridine rings is 2. The fourth-order valence-corrected chi connectivity index (χ4v) is 3.98. The van der Waals surface area contributed by atoms with Gasteiger partial charge in [0.15, 0.2) is 8.96 Å². The molecule has 0 bridgehead atoms. The summed E-state index contributed by atoms with van der Waals surface area (Å²) < 4.78 is 6.50. The van der Waals surface area contributed by atoms with Gasteiger partial charge in [-0.05, 0) is 66.8 Å². The molecule has 3 N–H and O–H groups in total. The Labute approximate surface area is 197 Å². The van der Waals surface area contributed by atoms with Crippen molar-refractivity contribution in [2.45, 2.75) is 0 Å². The number of carbonyl (C=O) groups is 1. The number of rotatable bonds is 5. The minimum absolute atomic E-state index is 0.341. The van der Waals surface area contributed by atoms with Gasteiger partial charge in [-0.3, -0.25) is 15.1 Å². The molecule has 0 radical (unpaired) electrons. The molecule has 2 amide bonds. The first kappa shape index (κ1) is 20.7. The van der Waals surface area contributed by atoms with E-state index in [1.807, 2.05) is 30.3 Å². The molecule has 33 heavy (non-hydrogen) atoms. The average molecular weight is 473 g/mol. The molecule has 0 unspecified atom stereocenters. The molecule has 10 heteroatoms. The van der Waals surface area contributed by atoms with Crippen LogP contribution in [0.5, 0.6) is 11.5 Å². The number of anilines is 2. The molecule has 162 valence electrons. The summed E-state index contributed by atoms with van der Waals surface area (Å²) in [4.78, 5) is 21.0. The number of fused-ring (bicyclic) bond motifs is 1. The van der Waals surface area contributed by atoms with Gasteiger partial charge in [-0.25, -0.2) is 4.79 Å². The van der Waals surface area contributed by atoms with E-state index in [9.17, 15) is 4.79 Å². The second-order valence-corrected chi connectivity index (χ2v) is 8.58. The first-order chi connectivity index (χ1) is 16.1. The molecule has 3 heterocycles. The molecule has 0 spiro atoms. The molecule has 2 aromatic carbocycles. The normalized spacial score (nSPS) is 10.7. The number of H-pyrrole nitrogens is 1. The van der Waals surface area contributed by atoms with Crippen LogP contribution < -0.4 is 15.4 Å². The summed E-state index contributed by atoms with van der Waals surface area (Å²) in [5.41, 5.74) is 2.86. The summed E-state index contributed by atoms with van der Waals surface area (Å²) >= 11 is 6.42. The largest absolute Gasteiger partial charge is 0.457 e. The van der Waals surface area contributed by atoms with Gasteiger partial charge < -0.3 is 15.4 Å². The SMILES string of the molecule is O=C(Nc1ccc(Oc2ccnc(-c3n[nH]c(=S)s3)c2)cc1)Nc1ccc2ncccc2c1. The lowest BCUT2D eigenvalue weighted by molar-refractivity contribution is 0.262. The molecule has 0 aliphatic carbocycles. The zero-order chi connectivity index (χ0) is 22.6. The predicted octanol–water partition coefficient (Wildman–Crippen LogP) is 6.25. The van der Waals surface area contributed by atoms with Crippen molar-refractivity contribution in [3.63, 3.8) is 0 Å². The Morgan fingerprint density at radius 2 is 1.73 bits per heavy atom. The molecular formula is C23H16N6O2S2. The number of urea groups is 1. The van der Waals surface area contributed by atoms with Gasteiger partial charge in [-0.2, -0.15) is 5.10 Å². The van der Waals surface area contributed by atoms with Crippen LogP contribution in [-0.4, -0.2) is 26.2 Å². The summed E-state index contributed by atoms with van der Waals surface area (Å²) in [5, 5.41) is 14.2. The van der Waals surface area contributed by atoms with Gasteiger partial charge in [0.2, 0.25) is 0 Å². The van der Waals surface area contributed by atoms with Crippen molar-refractivity contribution in [3.05, 3.63) is 83.1 Å². The third-order valence-electron chi connectivity index (χ3n) is 4.60. The maximum atomic E-state index is 12.4. The van der Waals surface area contributed by atoms with Crippen LogP contribution in [0.25, 0.3) is 21.6 Å². The molecule has 0 atom stereocenters. The molecule has 0 saturated heterocycles. The van der Waals surface area contributed by atoms with Gasteiger partial charge in [0.1, 0.15) is 17.2 Å². The van der Waals surface area contributed by atoms with Crippen molar-refractivity contribution in [2.75, 3.05) is 10.6 Å². The van der Waals surface area contributed by atoms with Crippen molar-refractivity contribution in [3.8, 4) is 22.2 Å². The highest BCUT2D eigenvalue weighted by atomic mass is 32.1. The van der Waals surface area contributed by atoms with Gasteiger partial charge in [0, 0.05) is 35.2 Å². The number of hydrogen-bond acceptors (Lipinski definition) is 7. The van der Waals surface area contributed by atoms with Crippen LogP contribution in [-0.2, 0) is 0 Å². The monoisotopic (exact) mass is 472 g/mol. The molecule has 0 aliphatic rings. The molecule has 3 aromatic heterocycles. The van der Waals surface area contributed by atoms with Crippen molar-refractivity contribution in [1.82, 2.24) is 20.2 Å². The zero-order valence-electron chi connectivity index (χ0n) is 17.0. The zero-order valence-corrected chi connectivity index (χ0v) is 18.6. The molecule has 8 nitrogen and oxygen atoms in total. The topological polar surface area (TPSA) is 105 Å². The van der Waals surface area contributed by atoms with E-state index in [1.165, 1.54) is 11.3 Å². The van der Waals surface area contributed by atoms with Crippen LogP contribution in [0.4, 0.5) is 16.2 Å². The lowest BCUT2D eigenvalue weighted by Crippen LogP contribution is -2.19. The van der Waals surface area contributed by atoms with E-state index in [0.29, 0.717) is 37.5 Å². The second kappa shape index (κ2) is 9.15. The lowest BCUT2D eigenvalue weighted by atomic mass is 10.2. The molecule has 5 aromatic rings. The molecule has 0 aliphatic heterocycles. The number of hydrogen-bond donors (Lipinski definition) is 3. The van der Waals surface area contributed by atoms with E-state index < -0.39 is 0 Å². The van der Waals surface area contributed by atoms with Gasteiger partial charge in [0.25, 0.3) is 0 Å². The Hall–Kier alpha value is -4.15. The standard InChI is InChI=1S/C23H16N6O2S2/c30-22(27-16-5-8-19-14(12-16)2-1-10-24-19)26-15-3-6-17(7-4-15)31-18-9-11-25-20(13-18)21-28-29-23(32)33-21/h1-13H,(H,29,32)(H2,26,27,30). The van der Waals surface area contributed by atoms with E-state index in [4.69, 9.17) is 17.0 Å². The highest BCUT2D eigenvalue weighted by Crippen LogP contribution is 2.27. The van der Waals surface area contributed by atoms with Crippen molar-refractivity contribution in [1.29, 1.82) is 0 Å². The van der Waals surface area contributed by atoms with E-state index in [1.54, 1.807) is 48.8 Å². The minimum Gasteiger partial charge on any atom is -0.457 e. The van der Waals surface area contributed by atoms with Crippen LogP contribution in [0.1, 0.15) is 0 Å². The summed E-state index contributed by atoms with van der Waals surface area (Å²) in [6.45, 7) is 0. The number of aromatic nitrogens is 4. The maximum absolute atomic E-state index is 12.4. The van der Waals surface area contributed by atoms with E-state index in [-0.39, 0.29) is 6.03 Å². The van der Waals surface area contributed by atoms with Crippen LogP contribution in [0.3, 0.4) is 0 Å². The fourth-order valence-electron chi connectivity index (χ4n) is 3.12. The Morgan fingerprint density at radius 1 is 0.909 bits per heavy atom. The Balaban J connectivity index is 1.22. The van der Waals surface area contributed by atoms with Crippen LogP contribution in [0.15, 0.2) is 79.1 Å². The fraction of sp³-hybridized carbons (Fsp3) is 0. The van der Waals surface area contributed by atoms with E-state index >= 15 is 0 Å². The number of nitrogens with one attached hydrogen (secondary N) is 3. The number of nitrogens with zero attached hydrogens (tertiary/aromatic N) is 3. The molecule has 0 saturated carbocycles. The van der Waals surface area contributed by atoms with Crippen molar-refractivity contribution in [2.24, 2.45) is 0 Å². The third kappa shape index (κ3) is 5.03. The van der Waals surface area contributed by atoms with Gasteiger partial charge in [-0.1, -0.05) is 17.4 Å². The highest BCUT2D eigenvalue weighted by Gasteiger charge is 2.08. The average Bonchev–Trinajstić information content (AvgIpc) is 3.27. The number of carbonyl (C=O) groups excluding carboxylic acids is 1. The van der Waals surface area contributed by atoms with Crippen molar-refractivity contribution < 1.29 is 9.53 Å². The summed E-state index contributed by atoms with van der Waals surface area (Å²) in [7, 11) is 0. The van der Waals surface area contributed by atoms with E-state index in [2.05, 4.69) is 30.8 Å². The van der Waals surface area contributed by atoms with E-state index in [0.717, 1.165) is 10.9 Å². The number of aromatic amines is 1. The number of ether oxygens (including phenoxy) is 1. The van der Waals surface area contributed by atoms with Crippen LogP contribution in [0.2, 0.25) is 0 Å². The van der Waals surface area contributed by atoms with Crippen molar-refractivity contribution >= 4 is 51.9 Å². The van der Waals surface area contributed by atoms with Crippen LogP contribution >= 0.6 is 23.6 Å². The quantitative estimate of drug-likeness (QED) is 0.261. The smallest absolute Gasteiger partial charge is 0.323 e.